The van der Waals surface area contributed by atoms with Crippen LogP contribution in [0.15, 0.2) is 22.7 Å². The Morgan fingerprint density at radius 1 is 1.27 bits per heavy atom. The van der Waals surface area contributed by atoms with Crippen molar-refractivity contribution < 1.29 is 0 Å². The van der Waals surface area contributed by atoms with Crippen LogP contribution in [0.25, 0.3) is 0 Å². The van der Waals surface area contributed by atoms with E-state index in [-0.39, 0.29) is 5.54 Å². The number of halogens is 1. The van der Waals surface area contributed by atoms with E-state index in [0.717, 1.165) is 18.8 Å². The van der Waals surface area contributed by atoms with Crippen LogP contribution in [-0.4, -0.2) is 0 Å². The first-order valence-electron chi connectivity index (χ1n) is 5.78. The molecule has 0 amide bonds. The van der Waals surface area contributed by atoms with Gasteiger partial charge in [0.15, 0.2) is 0 Å². The third-order valence-corrected chi connectivity index (χ3v) is 4.53. The highest BCUT2D eigenvalue weighted by molar-refractivity contribution is 9.10. The molecule has 1 nitrogen and oxygen atoms in total. The van der Waals surface area contributed by atoms with Crippen LogP contribution in [0.2, 0.25) is 0 Å². The van der Waals surface area contributed by atoms with Crippen LogP contribution in [0, 0.1) is 0 Å². The van der Waals surface area contributed by atoms with E-state index in [1.54, 1.807) is 0 Å². The Labute approximate surface area is 99.2 Å². The summed E-state index contributed by atoms with van der Waals surface area (Å²) in [6, 6.07) is 6.74. The smallest absolute Gasteiger partial charge is 0.0410 e. The van der Waals surface area contributed by atoms with Gasteiger partial charge in [0.2, 0.25) is 0 Å². The van der Waals surface area contributed by atoms with E-state index in [9.17, 15) is 0 Å². The maximum absolute atomic E-state index is 6.31. The van der Waals surface area contributed by atoms with Gasteiger partial charge < -0.3 is 5.73 Å². The quantitative estimate of drug-likeness (QED) is 0.868. The fourth-order valence-corrected chi connectivity index (χ4v) is 3.11. The van der Waals surface area contributed by atoms with E-state index in [1.165, 1.54) is 34.9 Å². The zero-order valence-electron chi connectivity index (χ0n) is 8.80. The predicted octanol–water partition coefficient (Wildman–Crippen LogP) is 3.66. The summed E-state index contributed by atoms with van der Waals surface area (Å²) in [4.78, 5) is 0. The van der Waals surface area contributed by atoms with Crippen LogP contribution in [0.1, 0.15) is 49.1 Å². The van der Waals surface area contributed by atoms with Crippen molar-refractivity contribution in [3.05, 3.63) is 33.8 Å². The Morgan fingerprint density at radius 3 is 2.47 bits per heavy atom. The molecule has 15 heavy (non-hydrogen) atoms. The summed E-state index contributed by atoms with van der Waals surface area (Å²) >= 11 is 3.68. The molecule has 0 aromatic heterocycles. The van der Waals surface area contributed by atoms with E-state index in [1.807, 2.05) is 0 Å². The average Bonchev–Trinajstić information content (AvgIpc) is 2.97. The summed E-state index contributed by atoms with van der Waals surface area (Å²) in [7, 11) is 0. The van der Waals surface area contributed by atoms with E-state index in [4.69, 9.17) is 5.73 Å². The lowest BCUT2D eigenvalue weighted by molar-refractivity contribution is 0.253. The van der Waals surface area contributed by atoms with Gasteiger partial charge in [-0.15, -0.1) is 0 Å². The molecule has 0 bridgehead atoms. The molecule has 2 aliphatic carbocycles. The lowest BCUT2D eigenvalue weighted by Gasteiger charge is -2.38. The first-order valence-corrected chi connectivity index (χ1v) is 6.57. The van der Waals surface area contributed by atoms with Crippen LogP contribution in [0.4, 0.5) is 0 Å². The molecular formula is C13H16BrN. The molecule has 2 saturated carbocycles. The highest BCUT2D eigenvalue weighted by Gasteiger charge is 2.35. The minimum Gasteiger partial charge on any atom is -0.321 e. The molecule has 3 rings (SSSR count). The Bertz CT molecular complexity index is 392. The molecule has 0 unspecified atom stereocenters. The van der Waals surface area contributed by atoms with Gasteiger partial charge in [-0.25, -0.2) is 0 Å². The molecule has 2 fully saturated rings. The van der Waals surface area contributed by atoms with Crippen LogP contribution < -0.4 is 5.73 Å². The Morgan fingerprint density at radius 2 is 2.00 bits per heavy atom. The van der Waals surface area contributed by atoms with E-state index >= 15 is 0 Å². The Kier molecular flexibility index (Phi) is 2.18. The minimum absolute atomic E-state index is 0.0232. The normalized spacial score (nSPS) is 23.6. The number of rotatable bonds is 2. The van der Waals surface area contributed by atoms with Crippen LogP contribution in [0.3, 0.4) is 0 Å². The van der Waals surface area contributed by atoms with Gasteiger partial charge in [-0.2, -0.15) is 0 Å². The zero-order valence-corrected chi connectivity index (χ0v) is 10.4. The van der Waals surface area contributed by atoms with Gasteiger partial charge in [0.1, 0.15) is 0 Å². The highest BCUT2D eigenvalue weighted by Crippen LogP contribution is 2.45. The number of benzene rings is 1. The monoisotopic (exact) mass is 265 g/mol. The average molecular weight is 266 g/mol. The fraction of sp³-hybridized carbons (Fsp3) is 0.538. The largest absolute Gasteiger partial charge is 0.321 e. The first-order chi connectivity index (χ1) is 7.19. The highest BCUT2D eigenvalue weighted by atomic mass is 79.9. The maximum atomic E-state index is 6.31. The van der Waals surface area contributed by atoms with Crippen LogP contribution in [-0.2, 0) is 5.54 Å². The molecule has 2 N–H and O–H groups in total. The molecule has 1 aromatic rings. The molecule has 0 aliphatic heterocycles. The van der Waals surface area contributed by atoms with E-state index in [2.05, 4.69) is 34.1 Å². The molecule has 0 radical (unpaired) electrons. The number of nitrogens with two attached hydrogens (primary N) is 1. The van der Waals surface area contributed by atoms with Crippen molar-refractivity contribution in [1.29, 1.82) is 0 Å². The summed E-state index contributed by atoms with van der Waals surface area (Å²) in [5.41, 5.74) is 9.07. The van der Waals surface area contributed by atoms with E-state index < -0.39 is 0 Å². The molecule has 1 aromatic carbocycles. The maximum Gasteiger partial charge on any atom is 0.0410 e. The summed E-state index contributed by atoms with van der Waals surface area (Å²) in [5, 5.41) is 0. The fourth-order valence-electron chi connectivity index (χ4n) is 2.41. The standard InChI is InChI=1S/C13H16BrN/c14-12-8-10(13(15)6-1-7-13)4-5-11(12)9-2-3-9/h4-5,8-9H,1-3,6-7,15H2. The molecule has 0 heterocycles. The van der Waals surface area contributed by atoms with Gasteiger partial charge in [-0.1, -0.05) is 28.1 Å². The molecule has 2 aliphatic rings. The first kappa shape index (κ1) is 9.86. The van der Waals surface area contributed by atoms with Gasteiger partial charge in [-0.3, -0.25) is 0 Å². The van der Waals surface area contributed by atoms with E-state index in [0.29, 0.717) is 0 Å². The van der Waals surface area contributed by atoms with Crippen molar-refractivity contribution in [2.45, 2.75) is 43.6 Å². The topological polar surface area (TPSA) is 26.0 Å². The van der Waals surface area contributed by atoms with Crippen molar-refractivity contribution in [2.24, 2.45) is 5.73 Å². The summed E-state index contributed by atoms with van der Waals surface area (Å²) < 4.78 is 1.26. The summed E-state index contributed by atoms with van der Waals surface area (Å²) in [6.45, 7) is 0. The van der Waals surface area contributed by atoms with Crippen molar-refractivity contribution in [3.8, 4) is 0 Å². The van der Waals surface area contributed by atoms with Gasteiger partial charge in [0, 0.05) is 10.0 Å². The van der Waals surface area contributed by atoms with Crippen LogP contribution >= 0.6 is 15.9 Å². The van der Waals surface area contributed by atoms with Gasteiger partial charge in [-0.05, 0) is 55.2 Å². The van der Waals surface area contributed by atoms with Gasteiger partial charge >= 0.3 is 0 Å². The van der Waals surface area contributed by atoms with Gasteiger partial charge in [0.25, 0.3) is 0 Å². The second-order valence-corrected chi connectivity index (χ2v) is 5.87. The van der Waals surface area contributed by atoms with Gasteiger partial charge in [0.05, 0.1) is 0 Å². The summed E-state index contributed by atoms with van der Waals surface area (Å²) in [5.74, 6) is 0.809. The third-order valence-electron chi connectivity index (χ3n) is 3.84. The Hall–Kier alpha value is -0.340. The lowest BCUT2D eigenvalue weighted by Crippen LogP contribution is -2.43. The van der Waals surface area contributed by atoms with Crippen molar-refractivity contribution in [3.63, 3.8) is 0 Å². The van der Waals surface area contributed by atoms with Crippen molar-refractivity contribution in [2.75, 3.05) is 0 Å². The van der Waals surface area contributed by atoms with Crippen LogP contribution in [0.5, 0.6) is 0 Å². The minimum atomic E-state index is -0.0232. The summed E-state index contributed by atoms with van der Waals surface area (Å²) in [6.07, 6.45) is 6.26. The number of hydrogen-bond donors (Lipinski definition) is 1. The molecule has 2 heteroatoms. The van der Waals surface area contributed by atoms with Crippen molar-refractivity contribution >= 4 is 15.9 Å². The molecule has 0 atom stereocenters. The number of hydrogen-bond acceptors (Lipinski definition) is 1. The van der Waals surface area contributed by atoms with Crippen molar-refractivity contribution in [1.82, 2.24) is 0 Å². The third kappa shape index (κ3) is 1.64. The predicted molar refractivity (Wildman–Crippen MR) is 65.8 cm³/mol. The Balaban J connectivity index is 1.94. The zero-order chi connectivity index (χ0) is 10.5. The second kappa shape index (κ2) is 3.33. The molecule has 0 saturated heterocycles. The SMILES string of the molecule is NC1(c2ccc(C3CC3)c(Br)c2)CCC1. The lowest BCUT2D eigenvalue weighted by atomic mass is 9.72. The molecule has 0 spiro atoms. The second-order valence-electron chi connectivity index (χ2n) is 5.02. The molecular weight excluding hydrogens is 250 g/mol. The molecule has 80 valence electrons.